The molecule has 0 aromatic carbocycles. The van der Waals surface area contributed by atoms with Gasteiger partial charge < -0.3 is 10.4 Å². The number of carboxylic acid groups (broad SMARTS) is 1. The van der Waals surface area contributed by atoms with Crippen LogP contribution in [-0.2, 0) is 9.59 Å². The molecule has 0 saturated carbocycles. The van der Waals surface area contributed by atoms with Crippen LogP contribution in [0.25, 0.3) is 0 Å². The molecular weight excluding hydrogens is 194 g/mol. The van der Waals surface area contributed by atoms with Gasteiger partial charge in [-0.2, -0.15) is 0 Å². The highest BCUT2D eigenvalue weighted by molar-refractivity contribution is 6.01. The van der Waals surface area contributed by atoms with E-state index < -0.39 is 11.9 Å². The van der Waals surface area contributed by atoms with E-state index in [-0.39, 0.29) is 17.2 Å². The summed E-state index contributed by atoms with van der Waals surface area (Å²) in [6.07, 6.45) is 5.50. The van der Waals surface area contributed by atoms with Crippen LogP contribution in [-0.4, -0.2) is 23.0 Å². The molecule has 82 valence electrons. The highest BCUT2D eigenvalue weighted by atomic mass is 16.4. The maximum absolute atomic E-state index is 11.5. The molecule has 4 nitrogen and oxygen atoms in total. The van der Waals surface area contributed by atoms with Gasteiger partial charge in [-0.1, -0.05) is 0 Å². The largest absolute Gasteiger partial charge is 0.478 e. The van der Waals surface area contributed by atoms with Gasteiger partial charge in [-0.05, 0) is 20.8 Å². The second kappa shape index (κ2) is 5.86. The molecule has 0 radical (unpaired) electrons. The third-order valence-electron chi connectivity index (χ3n) is 2.03. The smallest absolute Gasteiger partial charge is 0.331 e. The zero-order chi connectivity index (χ0) is 12.0. The molecule has 0 aromatic heterocycles. The third-order valence-corrected chi connectivity index (χ3v) is 2.03. The standard InChI is InChI=1S/C11H15NO3/c1-5-6-7(2)12-10(13)8(3)9(4)11(14)15/h1,7H,6H2,2-4H3,(H,12,13)(H,14,15). The zero-order valence-electron chi connectivity index (χ0n) is 9.13. The van der Waals surface area contributed by atoms with Crippen molar-refractivity contribution in [2.45, 2.75) is 33.2 Å². The molecule has 0 heterocycles. The Balaban J connectivity index is 4.55. The second-order valence-electron chi connectivity index (χ2n) is 3.34. The third kappa shape index (κ3) is 4.32. The summed E-state index contributed by atoms with van der Waals surface area (Å²) < 4.78 is 0. The molecule has 4 heteroatoms. The highest BCUT2D eigenvalue weighted by Gasteiger charge is 2.13. The van der Waals surface area contributed by atoms with Crippen molar-refractivity contribution in [1.82, 2.24) is 5.32 Å². The van der Waals surface area contributed by atoms with E-state index in [0.29, 0.717) is 6.42 Å². The number of carbonyl (C=O) groups excluding carboxylic acids is 1. The Morgan fingerprint density at radius 2 is 1.93 bits per heavy atom. The maximum atomic E-state index is 11.5. The van der Waals surface area contributed by atoms with Crippen molar-refractivity contribution in [1.29, 1.82) is 0 Å². The molecule has 0 bridgehead atoms. The molecule has 1 amide bonds. The summed E-state index contributed by atoms with van der Waals surface area (Å²) in [5.74, 6) is 0.935. The van der Waals surface area contributed by atoms with Gasteiger partial charge in [0.1, 0.15) is 0 Å². The number of nitrogens with one attached hydrogen (secondary N) is 1. The molecule has 0 rings (SSSR count). The fourth-order valence-corrected chi connectivity index (χ4v) is 0.891. The minimum atomic E-state index is -1.09. The molecule has 0 aliphatic carbocycles. The summed E-state index contributed by atoms with van der Waals surface area (Å²) in [5.41, 5.74) is 0.242. The van der Waals surface area contributed by atoms with E-state index >= 15 is 0 Å². The van der Waals surface area contributed by atoms with E-state index in [1.807, 2.05) is 0 Å². The molecule has 0 aliphatic heterocycles. The lowest BCUT2D eigenvalue weighted by atomic mass is 10.1. The Morgan fingerprint density at radius 3 is 2.33 bits per heavy atom. The molecule has 2 N–H and O–H groups in total. The van der Waals surface area contributed by atoms with Crippen LogP contribution in [0.5, 0.6) is 0 Å². The van der Waals surface area contributed by atoms with Crippen molar-refractivity contribution in [3.8, 4) is 12.3 Å². The zero-order valence-corrected chi connectivity index (χ0v) is 9.13. The molecule has 0 fully saturated rings. The van der Waals surface area contributed by atoms with Gasteiger partial charge in [-0.3, -0.25) is 4.79 Å². The second-order valence-corrected chi connectivity index (χ2v) is 3.34. The van der Waals surface area contributed by atoms with Gasteiger partial charge in [0.05, 0.1) is 0 Å². The number of carbonyl (C=O) groups is 2. The molecule has 0 spiro atoms. The Morgan fingerprint density at radius 1 is 1.40 bits per heavy atom. The minimum Gasteiger partial charge on any atom is -0.478 e. The minimum absolute atomic E-state index is 0.0420. The van der Waals surface area contributed by atoms with E-state index in [2.05, 4.69) is 11.2 Å². The molecule has 0 saturated heterocycles. The molecule has 1 atom stereocenters. The summed E-state index contributed by atoms with van der Waals surface area (Å²) in [6, 6.07) is -0.154. The van der Waals surface area contributed by atoms with E-state index in [1.54, 1.807) is 6.92 Å². The Kier molecular flexibility index (Phi) is 5.18. The first-order chi connectivity index (χ1) is 6.90. The lowest BCUT2D eigenvalue weighted by molar-refractivity contribution is -0.133. The normalized spacial score (nSPS) is 13.5. The van der Waals surface area contributed by atoms with Crippen LogP contribution in [0.1, 0.15) is 27.2 Å². The topological polar surface area (TPSA) is 66.4 Å². The van der Waals surface area contributed by atoms with Crippen LogP contribution < -0.4 is 5.32 Å². The fraction of sp³-hybridized carbons (Fsp3) is 0.455. The van der Waals surface area contributed by atoms with Crippen LogP contribution in [0.3, 0.4) is 0 Å². The van der Waals surface area contributed by atoms with Gasteiger partial charge in [0.15, 0.2) is 0 Å². The number of terminal acetylenes is 1. The number of hydrogen-bond acceptors (Lipinski definition) is 2. The number of aliphatic carboxylic acids is 1. The van der Waals surface area contributed by atoms with Gasteiger partial charge in [0, 0.05) is 23.6 Å². The lowest BCUT2D eigenvalue weighted by Gasteiger charge is -2.11. The summed E-state index contributed by atoms with van der Waals surface area (Å²) in [4.78, 5) is 22.1. The number of amides is 1. The Labute approximate surface area is 89.4 Å². The van der Waals surface area contributed by atoms with E-state index in [1.165, 1.54) is 13.8 Å². The number of rotatable bonds is 4. The van der Waals surface area contributed by atoms with E-state index in [9.17, 15) is 9.59 Å². The van der Waals surface area contributed by atoms with Gasteiger partial charge >= 0.3 is 5.97 Å². The summed E-state index contributed by atoms with van der Waals surface area (Å²) in [5, 5.41) is 11.3. The summed E-state index contributed by atoms with van der Waals surface area (Å²) in [6.45, 7) is 4.63. The van der Waals surface area contributed by atoms with Gasteiger partial charge in [-0.15, -0.1) is 12.3 Å². The quantitative estimate of drug-likeness (QED) is 0.535. The first kappa shape index (κ1) is 13.2. The number of carboxylic acids is 1. The van der Waals surface area contributed by atoms with Crippen LogP contribution in [0, 0.1) is 12.3 Å². The molecule has 0 aliphatic rings. The average Bonchev–Trinajstić information content (AvgIpc) is 2.15. The first-order valence-electron chi connectivity index (χ1n) is 4.55. The molecular formula is C11H15NO3. The molecule has 15 heavy (non-hydrogen) atoms. The molecule has 0 aromatic rings. The van der Waals surface area contributed by atoms with Crippen molar-refractivity contribution in [2.24, 2.45) is 0 Å². The monoisotopic (exact) mass is 209 g/mol. The van der Waals surface area contributed by atoms with Crippen molar-refractivity contribution in [3.63, 3.8) is 0 Å². The lowest BCUT2D eigenvalue weighted by Crippen LogP contribution is -2.33. The van der Waals surface area contributed by atoms with E-state index in [0.717, 1.165) is 0 Å². The Bertz CT molecular complexity index is 336. The SMILES string of the molecule is C#CCC(C)NC(=O)C(C)=C(C)C(=O)O. The Hall–Kier alpha value is -1.76. The van der Waals surface area contributed by atoms with Crippen molar-refractivity contribution < 1.29 is 14.7 Å². The predicted molar refractivity (Wildman–Crippen MR) is 57.1 cm³/mol. The van der Waals surface area contributed by atoms with Gasteiger partial charge in [0.2, 0.25) is 5.91 Å². The predicted octanol–water partition coefficient (Wildman–Crippen LogP) is 0.935. The van der Waals surface area contributed by atoms with Crippen molar-refractivity contribution >= 4 is 11.9 Å². The van der Waals surface area contributed by atoms with Crippen LogP contribution in [0.4, 0.5) is 0 Å². The summed E-state index contributed by atoms with van der Waals surface area (Å²) >= 11 is 0. The van der Waals surface area contributed by atoms with Crippen LogP contribution >= 0.6 is 0 Å². The number of hydrogen-bond donors (Lipinski definition) is 2. The van der Waals surface area contributed by atoms with Crippen molar-refractivity contribution in [3.05, 3.63) is 11.1 Å². The van der Waals surface area contributed by atoms with Crippen LogP contribution in [0.2, 0.25) is 0 Å². The average molecular weight is 209 g/mol. The van der Waals surface area contributed by atoms with Gasteiger partial charge in [0.25, 0.3) is 0 Å². The fourth-order valence-electron chi connectivity index (χ4n) is 0.891. The van der Waals surface area contributed by atoms with Crippen LogP contribution in [0.15, 0.2) is 11.1 Å². The van der Waals surface area contributed by atoms with Gasteiger partial charge in [-0.25, -0.2) is 4.79 Å². The summed E-state index contributed by atoms with van der Waals surface area (Å²) in [7, 11) is 0. The molecule has 1 unspecified atom stereocenters. The van der Waals surface area contributed by atoms with Crippen molar-refractivity contribution in [2.75, 3.05) is 0 Å². The maximum Gasteiger partial charge on any atom is 0.331 e. The highest BCUT2D eigenvalue weighted by Crippen LogP contribution is 2.04. The van der Waals surface area contributed by atoms with E-state index in [4.69, 9.17) is 11.5 Å². The first-order valence-corrected chi connectivity index (χ1v) is 4.55.